The van der Waals surface area contributed by atoms with Crippen molar-refractivity contribution < 1.29 is 9.53 Å². The minimum atomic E-state index is -0.344. The Labute approximate surface area is 171 Å². The Morgan fingerprint density at radius 2 is 2.04 bits per heavy atom. The van der Waals surface area contributed by atoms with E-state index < -0.39 is 0 Å². The van der Waals surface area contributed by atoms with Crippen LogP contribution in [0.3, 0.4) is 0 Å². The summed E-state index contributed by atoms with van der Waals surface area (Å²) in [5.41, 5.74) is 3.61. The highest BCUT2D eigenvalue weighted by molar-refractivity contribution is 7.99. The molecular weight excluding hydrogens is 394 g/mol. The number of hydrogen-bond donors (Lipinski definition) is 0. The van der Waals surface area contributed by atoms with E-state index in [2.05, 4.69) is 16.6 Å². The lowest BCUT2D eigenvalue weighted by Crippen LogP contribution is -2.00. The van der Waals surface area contributed by atoms with Gasteiger partial charge < -0.3 is 9.30 Å². The lowest BCUT2D eigenvalue weighted by Gasteiger charge is -2.07. The molecule has 2 aromatic carbocycles. The van der Waals surface area contributed by atoms with Crippen molar-refractivity contribution in [1.82, 2.24) is 14.3 Å². The molecule has 142 valence electrons. The average Bonchev–Trinajstić information content (AvgIpc) is 3.22. The number of carbonyl (C=O) groups excluding carboxylic acids is 1. The van der Waals surface area contributed by atoms with Crippen LogP contribution in [0.4, 0.5) is 0 Å². The molecule has 0 unspecified atom stereocenters. The molecule has 4 rings (SSSR count). The third kappa shape index (κ3) is 3.30. The fourth-order valence-electron chi connectivity index (χ4n) is 3.27. The van der Waals surface area contributed by atoms with Crippen molar-refractivity contribution in [2.75, 3.05) is 7.11 Å². The van der Waals surface area contributed by atoms with Gasteiger partial charge in [0.05, 0.1) is 30.1 Å². The zero-order valence-electron chi connectivity index (χ0n) is 15.6. The summed E-state index contributed by atoms with van der Waals surface area (Å²) in [4.78, 5) is 13.9. The normalized spacial score (nSPS) is 11.1. The van der Waals surface area contributed by atoms with Gasteiger partial charge in [-0.2, -0.15) is 5.10 Å². The second-order valence-corrected chi connectivity index (χ2v) is 7.93. The number of carbonyl (C=O) groups is 1. The molecule has 0 bridgehead atoms. The van der Waals surface area contributed by atoms with Crippen LogP contribution in [0.2, 0.25) is 5.02 Å². The first-order chi connectivity index (χ1) is 13.5. The van der Waals surface area contributed by atoms with E-state index >= 15 is 0 Å². The second kappa shape index (κ2) is 7.37. The summed E-state index contributed by atoms with van der Waals surface area (Å²) < 4.78 is 8.77. The molecule has 5 nitrogen and oxygen atoms in total. The fraction of sp³-hybridized carbons (Fsp3) is 0.143. The van der Waals surface area contributed by atoms with Gasteiger partial charge in [0, 0.05) is 39.1 Å². The number of aromatic nitrogens is 3. The largest absolute Gasteiger partial charge is 0.465 e. The Balaban J connectivity index is 1.86. The van der Waals surface area contributed by atoms with E-state index in [-0.39, 0.29) is 5.97 Å². The summed E-state index contributed by atoms with van der Waals surface area (Å²) in [5, 5.41) is 6.08. The molecule has 0 saturated heterocycles. The number of rotatable bonds is 4. The number of ether oxygens (including phenoxy) is 1. The number of aryl methyl sites for hydroxylation is 1. The Morgan fingerprint density at radius 3 is 2.75 bits per heavy atom. The van der Waals surface area contributed by atoms with Gasteiger partial charge in [-0.3, -0.25) is 4.68 Å². The van der Waals surface area contributed by atoms with Gasteiger partial charge in [-0.1, -0.05) is 35.5 Å². The maximum atomic E-state index is 11.9. The highest BCUT2D eigenvalue weighted by Gasteiger charge is 2.18. The van der Waals surface area contributed by atoms with Crippen LogP contribution in [0, 0.1) is 6.92 Å². The first kappa shape index (κ1) is 18.7. The molecule has 0 spiro atoms. The van der Waals surface area contributed by atoms with Crippen LogP contribution in [0.1, 0.15) is 16.1 Å². The molecule has 0 radical (unpaired) electrons. The van der Waals surface area contributed by atoms with E-state index in [1.807, 2.05) is 55.8 Å². The summed E-state index contributed by atoms with van der Waals surface area (Å²) in [7, 11) is 3.28. The summed E-state index contributed by atoms with van der Waals surface area (Å²) >= 11 is 7.90. The van der Waals surface area contributed by atoms with Gasteiger partial charge in [0.1, 0.15) is 0 Å². The predicted octanol–water partition coefficient (Wildman–Crippen LogP) is 5.26. The molecule has 0 atom stereocenters. The molecule has 0 amide bonds. The van der Waals surface area contributed by atoms with Crippen molar-refractivity contribution in [3.63, 3.8) is 0 Å². The number of methoxy groups -OCH3 is 1. The first-order valence-corrected chi connectivity index (χ1v) is 9.83. The summed E-state index contributed by atoms with van der Waals surface area (Å²) in [5.74, 6) is -0.344. The Bertz CT molecular complexity index is 1200. The number of benzene rings is 2. The molecule has 0 aliphatic rings. The van der Waals surface area contributed by atoms with Crippen LogP contribution >= 0.6 is 23.4 Å². The molecule has 28 heavy (non-hydrogen) atoms. The summed E-state index contributed by atoms with van der Waals surface area (Å²) in [6.45, 7) is 2.08. The van der Waals surface area contributed by atoms with Gasteiger partial charge >= 0.3 is 5.97 Å². The number of fused-ring (bicyclic) bond motifs is 1. The number of esters is 1. The maximum Gasteiger partial charge on any atom is 0.337 e. The van der Waals surface area contributed by atoms with Gasteiger partial charge in [-0.25, -0.2) is 4.79 Å². The van der Waals surface area contributed by atoms with Crippen LogP contribution in [0.25, 0.3) is 16.6 Å². The van der Waals surface area contributed by atoms with Gasteiger partial charge in [0.2, 0.25) is 0 Å². The van der Waals surface area contributed by atoms with Crippen LogP contribution in [-0.4, -0.2) is 27.4 Å². The molecule has 2 aromatic heterocycles. The fourth-order valence-corrected chi connectivity index (χ4v) is 4.52. The molecule has 7 heteroatoms. The van der Waals surface area contributed by atoms with Crippen molar-refractivity contribution in [2.24, 2.45) is 7.05 Å². The zero-order valence-corrected chi connectivity index (χ0v) is 17.2. The van der Waals surface area contributed by atoms with Crippen molar-refractivity contribution in [2.45, 2.75) is 16.7 Å². The minimum Gasteiger partial charge on any atom is -0.465 e. The van der Waals surface area contributed by atoms with E-state index in [1.54, 1.807) is 22.5 Å². The van der Waals surface area contributed by atoms with Crippen LogP contribution in [0.15, 0.2) is 64.6 Å². The van der Waals surface area contributed by atoms with Crippen molar-refractivity contribution in [3.8, 4) is 5.69 Å². The summed E-state index contributed by atoms with van der Waals surface area (Å²) in [6.07, 6.45) is 3.80. The van der Waals surface area contributed by atoms with Crippen molar-refractivity contribution in [1.29, 1.82) is 0 Å². The van der Waals surface area contributed by atoms with Crippen molar-refractivity contribution >= 4 is 40.2 Å². The molecule has 0 saturated carbocycles. The van der Waals surface area contributed by atoms with Gasteiger partial charge in [0.25, 0.3) is 0 Å². The van der Waals surface area contributed by atoms with Gasteiger partial charge in [0.15, 0.2) is 0 Å². The molecule has 4 aromatic rings. The zero-order chi connectivity index (χ0) is 19.8. The Morgan fingerprint density at radius 1 is 1.21 bits per heavy atom. The number of halogens is 1. The predicted molar refractivity (Wildman–Crippen MR) is 112 cm³/mol. The molecular formula is C21H18ClN3O2S. The number of hydrogen-bond acceptors (Lipinski definition) is 4. The van der Waals surface area contributed by atoms with E-state index in [9.17, 15) is 4.79 Å². The number of nitrogens with zero attached hydrogens (tertiary/aromatic N) is 3. The van der Waals surface area contributed by atoms with Crippen LogP contribution in [0.5, 0.6) is 0 Å². The lowest BCUT2D eigenvalue weighted by atomic mass is 10.2. The smallest absolute Gasteiger partial charge is 0.337 e. The third-order valence-electron chi connectivity index (χ3n) is 4.53. The quantitative estimate of drug-likeness (QED) is 0.429. The Kier molecular flexibility index (Phi) is 4.91. The highest BCUT2D eigenvalue weighted by atomic mass is 35.5. The Hall–Kier alpha value is -2.70. The second-order valence-electron chi connectivity index (χ2n) is 6.41. The monoisotopic (exact) mass is 411 g/mol. The lowest BCUT2D eigenvalue weighted by molar-refractivity contribution is 0.0600. The summed E-state index contributed by atoms with van der Waals surface area (Å²) in [6, 6.07) is 13.3. The van der Waals surface area contributed by atoms with Gasteiger partial charge in [-0.15, -0.1) is 0 Å². The minimum absolute atomic E-state index is 0.344. The standard InChI is InChI=1S/C21H18ClN3O2S/c1-13-20(28-17-6-4-5-14(9-17)21(26)27-3)18-8-7-15(22)10-19(18)25(13)16-11-23-24(2)12-16/h4-12H,1-3H3. The van der Waals surface area contributed by atoms with Crippen LogP contribution < -0.4 is 0 Å². The van der Waals surface area contributed by atoms with E-state index in [1.165, 1.54) is 7.11 Å². The first-order valence-electron chi connectivity index (χ1n) is 8.63. The van der Waals surface area contributed by atoms with Gasteiger partial charge in [-0.05, 0) is 37.3 Å². The molecule has 0 aliphatic carbocycles. The average molecular weight is 412 g/mol. The molecule has 0 N–H and O–H groups in total. The van der Waals surface area contributed by atoms with E-state index in [0.717, 1.165) is 32.1 Å². The van der Waals surface area contributed by atoms with E-state index in [0.29, 0.717) is 10.6 Å². The third-order valence-corrected chi connectivity index (χ3v) is 5.98. The topological polar surface area (TPSA) is 49.1 Å². The molecule has 2 heterocycles. The van der Waals surface area contributed by atoms with E-state index in [4.69, 9.17) is 16.3 Å². The highest BCUT2D eigenvalue weighted by Crippen LogP contribution is 2.40. The SMILES string of the molecule is COC(=O)c1cccc(Sc2c(C)n(-c3cnn(C)c3)c3cc(Cl)ccc23)c1. The molecule has 0 aliphatic heterocycles. The van der Waals surface area contributed by atoms with Crippen LogP contribution in [-0.2, 0) is 11.8 Å². The maximum absolute atomic E-state index is 11.9. The molecule has 0 fully saturated rings. The van der Waals surface area contributed by atoms with Crippen molar-refractivity contribution in [3.05, 3.63) is 71.1 Å².